The van der Waals surface area contributed by atoms with Crippen LogP contribution in [-0.2, 0) is 11.2 Å². The lowest BCUT2D eigenvalue weighted by atomic mass is 9.99. The van der Waals surface area contributed by atoms with Crippen molar-refractivity contribution in [2.75, 3.05) is 5.32 Å². The quantitative estimate of drug-likeness (QED) is 0.722. The van der Waals surface area contributed by atoms with Gasteiger partial charge < -0.3 is 11.1 Å². The number of carbonyl (C=O) groups excluding carboxylic acids is 1. The molecule has 17 heavy (non-hydrogen) atoms. The van der Waals surface area contributed by atoms with Crippen LogP contribution in [0, 0.1) is 0 Å². The number of nitrogens with two attached hydrogens (primary N) is 1. The number of benzene rings is 2. The lowest BCUT2D eigenvalue weighted by Crippen LogP contribution is -2.34. The summed E-state index contributed by atoms with van der Waals surface area (Å²) in [5.41, 5.74) is 7.89. The SMILES string of the molecule is NC1CCc2c(ccc3ccccc23)NC1=O. The van der Waals surface area contributed by atoms with E-state index in [1.165, 1.54) is 16.3 Å². The van der Waals surface area contributed by atoms with Gasteiger partial charge in [0, 0.05) is 5.69 Å². The van der Waals surface area contributed by atoms with Crippen LogP contribution in [0.2, 0.25) is 0 Å². The first-order valence-corrected chi connectivity index (χ1v) is 5.83. The Bertz CT molecular complexity index is 592. The molecule has 0 bridgehead atoms. The average Bonchev–Trinajstić information content (AvgIpc) is 2.50. The minimum absolute atomic E-state index is 0.0842. The largest absolute Gasteiger partial charge is 0.324 e. The fraction of sp³-hybridized carbons (Fsp3) is 0.214. The second kappa shape index (κ2) is 3.86. The summed E-state index contributed by atoms with van der Waals surface area (Å²) < 4.78 is 0. The fourth-order valence-corrected chi connectivity index (χ4v) is 2.38. The van der Waals surface area contributed by atoms with E-state index in [0.29, 0.717) is 6.42 Å². The third kappa shape index (κ3) is 1.68. The Kier molecular flexibility index (Phi) is 2.34. The van der Waals surface area contributed by atoms with E-state index in [1.807, 2.05) is 24.3 Å². The van der Waals surface area contributed by atoms with Crippen molar-refractivity contribution in [1.82, 2.24) is 0 Å². The molecule has 0 aromatic heterocycles. The standard InChI is InChI=1S/C14H14N2O/c15-12-7-6-11-10-4-2-1-3-9(10)5-8-13(11)16-14(12)17/h1-5,8,12H,6-7,15H2,(H,16,17). The zero-order valence-electron chi connectivity index (χ0n) is 9.44. The number of amides is 1. The average molecular weight is 226 g/mol. The predicted octanol–water partition coefficient (Wildman–Crippen LogP) is 2.05. The third-order valence-corrected chi connectivity index (χ3v) is 3.34. The molecule has 3 N–H and O–H groups in total. The summed E-state index contributed by atoms with van der Waals surface area (Å²) >= 11 is 0. The highest BCUT2D eigenvalue weighted by molar-refractivity contribution is 6.00. The van der Waals surface area contributed by atoms with Gasteiger partial charge >= 0.3 is 0 Å². The Hall–Kier alpha value is -1.87. The van der Waals surface area contributed by atoms with E-state index in [4.69, 9.17) is 5.73 Å². The molecule has 86 valence electrons. The van der Waals surface area contributed by atoms with Crippen molar-refractivity contribution in [2.45, 2.75) is 18.9 Å². The second-order valence-corrected chi connectivity index (χ2v) is 4.45. The van der Waals surface area contributed by atoms with Gasteiger partial charge in [0.1, 0.15) is 0 Å². The fourth-order valence-electron chi connectivity index (χ4n) is 2.38. The van der Waals surface area contributed by atoms with Crippen LogP contribution in [0.5, 0.6) is 0 Å². The third-order valence-electron chi connectivity index (χ3n) is 3.34. The molecule has 0 saturated carbocycles. The zero-order valence-corrected chi connectivity index (χ0v) is 9.44. The predicted molar refractivity (Wildman–Crippen MR) is 68.9 cm³/mol. The summed E-state index contributed by atoms with van der Waals surface area (Å²) in [5.74, 6) is -0.0842. The number of hydrogen-bond donors (Lipinski definition) is 2. The number of aryl methyl sites for hydroxylation is 1. The van der Waals surface area contributed by atoms with Crippen LogP contribution in [0.15, 0.2) is 36.4 Å². The van der Waals surface area contributed by atoms with E-state index in [1.54, 1.807) is 0 Å². The summed E-state index contributed by atoms with van der Waals surface area (Å²) in [6.07, 6.45) is 1.55. The van der Waals surface area contributed by atoms with Gasteiger partial charge in [0.05, 0.1) is 6.04 Å². The lowest BCUT2D eigenvalue weighted by molar-refractivity contribution is -0.117. The van der Waals surface area contributed by atoms with E-state index >= 15 is 0 Å². The molecule has 2 aromatic rings. The van der Waals surface area contributed by atoms with Gasteiger partial charge in [-0.25, -0.2) is 0 Å². The molecule has 0 aliphatic carbocycles. The van der Waals surface area contributed by atoms with Gasteiger partial charge in [-0.1, -0.05) is 30.3 Å². The molecule has 0 fully saturated rings. The molecule has 3 nitrogen and oxygen atoms in total. The first kappa shape index (κ1) is 10.3. The molecule has 2 aromatic carbocycles. The van der Waals surface area contributed by atoms with Gasteiger partial charge in [-0.15, -0.1) is 0 Å². The normalized spacial score (nSPS) is 19.6. The van der Waals surface area contributed by atoms with E-state index in [9.17, 15) is 4.79 Å². The number of fused-ring (bicyclic) bond motifs is 3. The van der Waals surface area contributed by atoms with E-state index in [-0.39, 0.29) is 5.91 Å². The van der Waals surface area contributed by atoms with Crippen LogP contribution < -0.4 is 11.1 Å². The van der Waals surface area contributed by atoms with Gasteiger partial charge in [0.2, 0.25) is 5.91 Å². The summed E-state index contributed by atoms with van der Waals surface area (Å²) in [6.45, 7) is 0. The van der Waals surface area contributed by atoms with Crippen molar-refractivity contribution in [3.05, 3.63) is 42.0 Å². The monoisotopic (exact) mass is 226 g/mol. The summed E-state index contributed by atoms with van der Waals surface area (Å²) in [7, 11) is 0. The Labute approximate surface area is 99.6 Å². The molecule has 1 aliphatic rings. The van der Waals surface area contributed by atoms with Crippen LogP contribution in [0.4, 0.5) is 5.69 Å². The first-order chi connectivity index (χ1) is 8.25. The van der Waals surface area contributed by atoms with Crippen molar-refractivity contribution < 1.29 is 4.79 Å². The molecule has 0 radical (unpaired) electrons. The van der Waals surface area contributed by atoms with Crippen molar-refractivity contribution >= 4 is 22.4 Å². The number of hydrogen-bond acceptors (Lipinski definition) is 2. The molecule has 3 rings (SSSR count). The molecule has 0 saturated heterocycles. The minimum atomic E-state index is -0.402. The van der Waals surface area contributed by atoms with Crippen LogP contribution in [0.3, 0.4) is 0 Å². The van der Waals surface area contributed by atoms with Crippen molar-refractivity contribution in [3.63, 3.8) is 0 Å². The Morgan fingerprint density at radius 1 is 1.18 bits per heavy atom. The Morgan fingerprint density at radius 3 is 2.88 bits per heavy atom. The summed E-state index contributed by atoms with van der Waals surface area (Å²) in [4.78, 5) is 11.7. The molecular weight excluding hydrogens is 212 g/mol. The molecule has 1 unspecified atom stereocenters. The van der Waals surface area contributed by atoms with Crippen molar-refractivity contribution in [2.24, 2.45) is 5.73 Å². The lowest BCUT2D eigenvalue weighted by Gasteiger charge is -2.10. The minimum Gasteiger partial charge on any atom is -0.324 e. The highest BCUT2D eigenvalue weighted by Gasteiger charge is 2.20. The maximum absolute atomic E-state index is 11.7. The molecule has 1 aliphatic heterocycles. The Morgan fingerprint density at radius 2 is 2.00 bits per heavy atom. The van der Waals surface area contributed by atoms with E-state index < -0.39 is 6.04 Å². The summed E-state index contributed by atoms with van der Waals surface area (Å²) in [6, 6.07) is 11.8. The Balaban J connectivity index is 2.21. The first-order valence-electron chi connectivity index (χ1n) is 5.83. The van der Waals surface area contributed by atoms with Gasteiger partial charge in [-0.3, -0.25) is 4.79 Å². The van der Waals surface area contributed by atoms with Gasteiger partial charge in [0.15, 0.2) is 0 Å². The highest BCUT2D eigenvalue weighted by atomic mass is 16.2. The van der Waals surface area contributed by atoms with Gasteiger partial charge in [0.25, 0.3) is 0 Å². The van der Waals surface area contributed by atoms with E-state index in [2.05, 4.69) is 17.4 Å². The maximum atomic E-state index is 11.7. The zero-order chi connectivity index (χ0) is 11.8. The molecule has 1 atom stereocenters. The van der Waals surface area contributed by atoms with Gasteiger partial charge in [-0.05, 0) is 35.2 Å². The topological polar surface area (TPSA) is 55.1 Å². The number of anilines is 1. The van der Waals surface area contributed by atoms with E-state index in [0.717, 1.165) is 12.1 Å². The molecule has 1 amide bonds. The molecule has 1 heterocycles. The number of carbonyl (C=O) groups is 1. The number of nitrogens with one attached hydrogen (secondary N) is 1. The van der Waals surface area contributed by atoms with Crippen LogP contribution in [0.25, 0.3) is 10.8 Å². The molecule has 3 heteroatoms. The van der Waals surface area contributed by atoms with Gasteiger partial charge in [-0.2, -0.15) is 0 Å². The smallest absolute Gasteiger partial charge is 0.241 e. The number of rotatable bonds is 0. The van der Waals surface area contributed by atoms with Crippen molar-refractivity contribution in [3.8, 4) is 0 Å². The van der Waals surface area contributed by atoms with Crippen LogP contribution in [0.1, 0.15) is 12.0 Å². The highest BCUT2D eigenvalue weighted by Crippen LogP contribution is 2.29. The summed E-state index contributed by atoms with van der Waals surface area (Å²) in [5, 5.41) is 5.31. The van der Waals surface area contributed by atoms with Crippen molar-refractivity contribution in [1.29, 1.82) is 0 Å². The molecule has 0 spiro atoms. The maximum Gasteiger partial charge on any atom is 0.241 e. The second-order valence-electron chi connectivity index (χ2n) is 4.45. The van der Waals surface area contributed by atoms with Crippen LogP contribution in [-0.4, -0.2) is 11.9 Å². The van der Waals surface area contributed by atoms with Crippen LogP contribution >= 0.6 is 0 Å². The molecular formula is C14H14N2O.